The molecule has 1 aliphatic rings. The number of nitrogens with two attached hydrogens (primary N) is 1. The van der Waals surface area contributed by atoms with Crippen molar-refractivity contribution in [2.24, 2.45) is 5.73 Å². The molecular weight excluding hydrogens is 220 g/mol. The highest BCUT2D eigenvalue weighted by atomic mass is 19.3. The summed E-state index contributed by atoms with van der Waals surface area (Å²) in [6.07, 6.45) is -3.66. The molecule has 0 saturated carbocycles. The van der Waals surface area contributed by atoms with Gasteiger partial charge in [0.1, 0.15) is 0 Å². The second kappa shape index (κ2) is 4.23. The Balaban J connectivity index is 2.49. The van der Waals surface area contributed by atoms with E-state index in [-0.39, 0.29) is 30.2 Å². The number of hydrogen-bond acceptors (Lipinski definition) is 4. The van der Waals surface area contributed by atoms with Crippen molar-refractivity contribution in [3.8, 4) is 11.5 Å². The molecule has 1 unspecified atom stereocenters. The Morgan fingerprint density at radius 2 is 2.12 bits per heavy atom. The van der Waals surface area contributed by atoms with E-state index in [9.17, 15) is 13.9 Å². The summed E-state index contributed by atoms with van der Waals surface area (Å²) in [4.78, 5) is 0. The smallest absolute Gasteiger partial charge is 0.263 e. The summed E-state index contributed by atoms with van der Waals surface area (Å²) in [5.74, 6) is 0.516. The first-order valence-electron chi connectivity index (χ1n) is 4.73. The number of hydrogen-bond donors (Lipinski definition) is 2. The van der Waals surface area contributed by atoms with Crippen LogP contribution in [-0.4, -0.2) is 18.4 Å². The van der Waals surface area contributed by atoms with Crippen LogP contribution in [0.4, 0.5) is 8.78 Å². The highest BCUT2D eigenvalue weighted by Crippen LogP contribution is 2.41. The van der Waals surface area contributed by atoms with Crippen molar-refractivity contribution in [1.82, 2.24) is 0 Å². The van der Waals surface area contributed by atoms with Crippen molar-refractivity contribution < 1.29 is 23.4 Å². The van der Waals surface area contributed by atoms with Gasteiger partial charge in [-0.05, 0) is 12.1 Å². The largest absolute Gasteiger partial charge is 0.454 e. The van der Waals surface area contributed by atoms with Gasteiger partial charge in [-0.15, -0.1) is 0 Å². The van der Waals surface area contributed by atoms with Crippen LogP contribution in [0.3, 0.4) is 0 Å². The molecule has 0 spiro atoms. The Labute approximate surface area is 90.6 Å². The van der Waals surface area contributed by atoms with Crippen molar-refractivity contribution in [3.63, 3.8) is 0 Å². The van der Waals surface area contributed by atoms with Gasteiger partial charge in [0, 0.05) is 17.7 Å². The summed E-state index contributed by atoms with van der Waals surface area (Å²) < 4.78 is 35.3. The lowest BCUT2D eigenvalue weighted by atomic mass is 10.0. The number of ether oxygens (including phenoxy) is 2. The lowest BCUT2D eigenvalue weighted by Crippen LogP contribution is -2.12. The van der Waals surface area contributed by atoms with Crippen LogP contribution in [0, 0.1) is 0 Å². The molecule has 16 heavy (non-hydrogen) atoms. The zero-order chi connectivity index (χ0) is 11.7. The van der Waals surface area contributed by atoms with E-state index < -0.39 is 12.5 Å². The lowest BCUT2D eigenvalue weighted by molar-refractivity contribution is 0.149. The number of fused-ring (bicyclic) bond motifs is 1. The second-order valence-electron chi connectivity index (χ2n) is 3.40. The molecule has 1 atom stereocenters. The number of halogens is 2. The molecular formula is C10H11F2NO3. The van der Waals surface area contributed by atoms with E-state index in [4.69, 9.17) is 15.2 Å². The lowest BCUT2D eigenvalue weighted by Gasteiger charge is -2.13. The van der Waals surface area contributed by atoms with Crippen LogP contribution in [0.2, 0.25) is 0 Å². The van der Waals surface area contributed by atoms with Crippen LogP contribution < -0.4 is 15.2 Å². The third-order valence-corrected chi connectivity index (χ3v) is 2.36. The third-order valence-electron chi connectivity index (χ3n) is 2.36. The van der Waals surface area contributed by atoms with E-state index >= 15 is 0 Å². The quantitative estimate of drug-likeness (QED) is 0.824. The average Bonchev–Trinajstić information content (AvgIpc) is 2.74. The molecule has 0 radical (unpaired) electrons. The van der Waals surface area contributed by atoms with Crippen LogP contribution >= 0.6 is 0 Å². The molecule has 1 aromatic rings. The maximum absolute atomic E-state index is 12.6. The molecule has 4 nitrogen and oxygen atoms in total. The van der Waals surface area contributed by atoms with Gasteiger partial charge in [-0.3, -0.25) is 0 Å². The molecule has 6 heteroatoms. The van der Waals surface area contributed by atoms with Gasteiger partial charge < -0.3 is 20.3 Å². The van der Waals surface area contributed by atoms with Gasteiger partial charge in [0.2, 0.25) is 6.79 Å². The minimum atomic E-state index is -2.63. The van der Waals surface area contributed by atoms with Crippen LogP contribution in [0.15, 0.2) is 12.1 Å². The predicted octanol–water partition coefficient (Wildman–Crippen LogP) is 1.34. The topological polar surface area (TPSA) is 64.7 Å². The van der Waals surface area contributed by atoms with E-state index in [1.807, 2.05) is 0 Å². The molecule has 0 saturated heterocycles. The normalized spacial score (nSPS) is 15.6. The van der Waals surface area contributed by atoms with Crippen molar-refractivity contribution in [2.75, 3.05) is 13.3 Å². The number of aliphatic hydroxyl groups excluding tert-OH is 1. The zero-order valence-electron chi connectivity index (χ0n) is 8.32. The van der Waals surface area contributed by atoms with Gasteiger partial charge in [-0.1, -0.05) is 0 Å². The first kappa shape index (κ1) is 11.1. The molecule has 1 aliphatic heterocycles. The Bertz CT molecular complexity index is 398. The minimum absolute atomic E-state index is 0.0354. The van der Waals surface area contributed by atoms with Crippen molar-refractivity contribution >= 4 is 0 Å². The Kier molecular flexibility index (Phi) is 2.93. The highest BCUT2D eigenvalue weighted by Gasteiger charge is 2.25. The van der Waals surface area contributed by atoms with Gasteiger partial charge in [0.05, 0.1) is 6.10 Å². The molecule has 88 valence electrons. The van der Waals surface area contributed by atoms with Crippen LogP contribution in [0.5, 0.6) is 11.5 Å². The fourth-order valence-electron chi connectivity index (χ4n) is 1.56. The summed E-state index contributed by atoms with van der Waals surface area (Å²) in [5, 5.41) is 9.59. The van der Waals surface area contributed by atoms with E-state index in [2.05, 4.69) is 0 Å². The Hall–Kier alpha value is -1.40. The molecule has 2 rings (SSSR count). The Morgan fingerprint density at radius 1 is 1.38 bits per heavy atom. The van der Waals surface area contributed by atoms with Crippen LogP contribution in [0.1, 0.15) is 23.7 Å². The maximum atomic E-state index is 12.6. The SMILES string of the molecule is NCC(O)c1cc(C(F)F)cc2c1OCO2. The number of benzene rings is 1. The first-order valence-corrected chi connectivity index (χ1v) is 4.73. The molecule has 0 fully saturated rings. The second-order valence-corrected chi connectivity index (χ2v) is 3.40. The van der Waals surface area contributed by atoms with Gasteiger partial charge in [0.15, 0.2) is 11.5 Å². The fourth-order valence-corrected chi connectivity index (χ4v) is 1.56. The summed E-state index contributed by atoms with van der Waals surface area (Å²) in [6, 6.07) is 2.40. The molecule has 1 aromatic carbocycles. The third kappa shape index (κ3) is 1.81. The number of alkyl halides is 2. The molecule has 3 N–H and O–H groups in total. The predicted molar refractivity (Wildman–Crippen MR) is 51.5 cm³/mol. The Morgan fingerprint density at radius 3 is 2.75 bits per heavy atom. The van der Waals surface area contributed by atoms with Gasteiger partial charge in [-0.25, -0.2) is 8.78 Å². The van der Waals surface area contributed by atoms with Gasteiger partial charge >= 0.3 is 0 Å². The van der Waals surface area contributed by atoms with E-state index in [0.29, 0.717) is 5.75 Å². The standard InChI is InChI=1S/C10H11F2NO3/c11-10(12)5-1-6(7(14)3-13)9-8(2-5)15-4-16-9/h1-2,7,10,14H,3-4,13H2. The average molecular weight is 231 g/mol. The molecule has 0 amide bonds. The molecule has 0 aliphatic carbocycles. The monoisotopic (exact) mass is 231 g/mol. The van der Waals surface area contributed by atoms with Gasteiger partial charge in [-0.2, -0.15) is 0 Å². The first-order chi connectivity index (χ1) is 7.63. The molecule has 0 aromatic heterocycles. The highest BCUT2D eigenvalue weighted by molar-refractivity contribution is 5.52. The van der Waals surface area contributed by atoms with Crippen molar-refractivity contribution in [1.29, 1.82) is 0 Å². The van der Waals surface area contributed by atoms with Crippen molar-refractivity contribution in [2.45, 2.75) is 12.5 Å². The zero-order valence-corrected chi connectivity index (χ0v) is 8.32. The van der Waals surface area contributed by atoms with Gasteiger partial charge in [0.25, 0.3) is 6.43 Å². The molecule has 1 heterocycles. The summed E-state index contributed by atoms with van der Waals surface area (Å²) in [7, 11) is 0. The summed E-state index contributed by atoms with van der Waals surface area (Å²) in [6.45, 7) is -0.102. The van der Waals surface area contributed by atoms with Crippen LogP contribution in [0.25, 0.3) is 0 Å². The minimum Gasteiger partial charge on any atom is -0.454 e. The summed E-state index contributed by atoms with van der Waals surface area (Å²) >= 11 is 0. The summed E-state index contributed by atoms with van der Waals surface area (Å²) in [5.41, 5.74) is 5.32. The number of rotatable bonds is 3. The number of aliphatic hydroxyl groups is 1. The van der Waals surface area contributed by atoms with E-state index in [1.54, 1.807) is 0 Å². The maximum Gasteiger partial charge on any atom is 0.263 e. The van der Waals surface area contributed by atoms with Crippen molar-refractivity contribution in [3.05, 3.63) is 23.3 Å². The van der Waals surface area contributed by atoms with E-state index in [1.165, 1.54) is 12.1 Å². The fraction of sp³-hybridized carbons (Fsp3) is 0.400. The van der Waals surface area contributed by atoms with Crippen LogP contribution in [-0.2, 0) is 0 Å². The van der Waals surface area contributed by atoms with E-state index in [0.717, 1.165) is 0 Å². The molecule has 0 bridgehead atoms.